The lowest BCUT2D eigenvalue weighted by atomic mass is 10.0. The standard InChI is InChI=1S/C11H9Br2F3O2/c1-6(13)10(17)9-7(5-12)3-2-4-8(9)18-11(14,15)16/h2-4,6H,5H2,1H3. The van der Waals surface area contributed by atoms with Crippen molar-refractivity contribution in [2.75, 3.05) is 0 Å². The number of alkyl halides is 5. The van der Waals surface area contributed by atoms with Gasteiger partial charge in [-0.1, -0.05) is 44.0 Å². The van der Waals surface area contributed by atoms with Crippen LogP contribution in [0.25, 0.3) is 0 Å². The zero-order valence-corrected chi connectivity index (χ0v) is 12.4. The SMILES string of the molecule is CC(Br)C(=O)c1c(CBr)cccc1OC(F)(F)F. The number of halogens is 5. The van der Waals surface area contributed by atoms with E-state index < -0.39 is 22.7 Å². The molecule has 0 aliphatic rings. The Balaban J connectivity index is 3.29. The molecule has 0 saturated heterocycles. The summed E-state index contributed by atoms with van der Waals surface area (Å²) in [5, 5.41) is 0.267. The molecule has 0 fully saturated rings. The summed E-state index contributed by atoms with van der Waals surface area (Å²) in [5.41, 5.74) is 0.393. The Morgan fingerprint density at radius 2 is 2.06 bits per heavy atom. The van der Waals surface area contributed by atoms with Crippen molar-refractivity contribution in [3.05, 3.63) is 29.3 Å². The number of ketones is 1. The summed E-state index contributed by atoms with van der Waals surface area (Å²) in [4.78, 5) is 11.3. The van der Waals surface area contributed by atoms with Crippen LogP contribution in [-0.4, -0.2) is 17.0 Å². The highest BCUT2D eigenvalue weighted by atomic mass is 79.9. The van der Waals surface area contributed by atoms with Crippen LogP contribution in [-0.2, 0) is 5.33 Å². The summed E-state index contributed by atoms with van der Waals surface area (Å²) in [6, 6.07) is 4.11. The molecule has 0 amide bonds. The third kappa shape index (κ3) is 3.98. The molecule has 0 N–H and O–H groups in total. The van der Waals surface area contributed by atoms with Crippen LogP contribution in [0.15, 0.2) is 18.2 Å². The average Bonchev–Trinajstić information content (AvgIpc) is 2.25. The van der Waals surface area contributed by atoms with E-state index in [1.54, 1.807) is 13.0 Å². The highest BCUT2D eigenvalue weighted by Gasteiger charge is 2.33. The minimum absolute atomic E-state index is 0.0592. The molecular weight excluding hydrogens is 381 g/mol. The summed E-state index contributed by atoms with van der Waals surface area (Å²) in [7, 11) is 0. The molecule has 1 aromatic rings. The van der Waals surface area contributed by atoms with Crippen LogP contribution in [0.4, 0.5) is 13.2 Å². The Kier molecular flexibility index (Phi) is 5.21. The Morgan fingerprint density at radius 1 is 1.44 bits per heavy atom. The molecule has 0 aliphatic carbocycles. The van der Waals surface area contributed by atoms with Gasteiger partial charge in [-0.3, -0.25) is 4.79 Å². The van der Waals surface area contributed by atoms with Crippen LogP contribution in [0.3, 0.4) is 0 Å². The normalized spacial score (nSPS) is 13.2. The summed E-state index contributed by atoms with van der Waals surface area (Å²) in [6.45, 7) is 1.55. The van der Waals surface area contributed by atoms with E-state index in [-0.39, 0.29) is 10.9 Å². The maximum Gasteiger partial charge on any atom is 0.573 e. The van der Waals surface area contributed by atoms with E-state index in [1.165, 1.54) is 6.07 Å². The fourth-order valence-electron chi connectivity index (χ4n) is 1.38. The summed E-state index contributed by atoms with van der Waals surface area (Å²) in [6.07, 6.45) is -4.82. The molecule has 1 aromatic carbocycles. The van der Waals surface area contributed by atoms with Gasteiger partial charge in [0.25, 0.3) is 0 Å². The predicted molar refractivity (Wildman–Crippen MR) is 68.5 cm³/mol. The molecule has 0 saturated carbocycles. The van der Waals surface area contributed by atoms with E-state index in [0.29, 0.717) is 5.56 Å². The topological polar surface area (TPSA) is 26.3 Å². The van der Waals surface area contributed by atoms with Crippen molar-refractivity contribution in [3.63, 3.8) is 0 Å². The van der Waals surface area contributed by atoms with E-state index in [4.69, 9.17) is 0 Å². The molecule has 0 aliphatic heterocycles. The highest BCUT2D eigenvalue weighted by molar-refractivity contribution is 9.10. The summed E-state index contributed by atoms with van der Waals surface area (Å²) in [5.74, 6) is -0.931. The number of benzene rings is 1. The van der Waals surface area contributed by atoms with E-state index >= 15 is 0 Å². The molecule has 1 unspecified atom stereocenters. The lowest BCUT2D eigenvalue weighted by Crippen LogP contribution is -2.21. The second kappa shape index (κ2) is 6.06. The van der Waals surface area contributed by atoms with Crippen LogP contribution >= 0.6 is 31.9 Å². The number of rotatable bonds is 4. The van der Waals surface area contributed by atoms with Gasteiger partial charge in [0, 0.05) is 5.33 Å². The van der Waals surface area contributed by atoms with Crippen molar-refractivity contribution in [2.45, 2.75) is 23.4 Å². The molecule has 0 radical (unpaired) electrons. The van der Waals surface area contributed by atoms with Crippen LogP contribution in [0.1, 0.15) is 22.8 Å². The molecule has 0 aromatic heterocycles. The molecule has 0 bridgehead atoms. The van der Waals surface area contributed by atoms with Gasteiger partial charge in [0.2, 0.25) is 0 Å². The smallest absolute Gasteiger partial charge is 0.405 e. The van der Waals surface area contributed by atoms with Gasteiger partial charge in [-0.25, -0.2) is 0 Å². The molecule has 1 atom stereocenters. The monoisotopic (exact) mass is 388 g/mol. The fraction of sp³-hybridized carbons (Fsp3) is 0.364. The van der Waals surface area contributed by atoms with Crippen LogP contribution in [0, 0.1) is 0 Å². The van der Waals surface area contributed by atoms with Crippen molar-refractivity contribution in [1.82, 2.24) is 0 Å². The van der Waals surface area contributed by atoms with E-state index in [9.17, 15) is 18.0 Å². The van der Waals surface area contributed by atoms with E-state index in [2.05, 4.69) is 36.6 Å². The van der Waals surface area contributed by atoms with Crippen molar-refractivity contribution in [2.24, 2.45) is 0 Å². The first-order chi connectivity index (χ1) is 8.26. The van der Waals surface area contributed by atoms with Gasteiger partial charge in [0.05, 0.1) is 10.4 Å². The molecular formula is C11H9Br2F3O2. The lowest BCUT2D eigenvalue weighted by molar-refractivity contribution is -0.274. The van der Waals surface area contributed by atoms with Crippen LogP contribution < -0.4 is 4.74 Å². The summed E-state index contributed by atoms with van der Waals surface area (Å²) < 4.78 is 40.7. The first kappa shape index (κ1) is 15.5. The average molecular weight is 390 g/mol. The number of carbonyl (C=O) groups is 1. The molecule has 7 heteroatoms. The molecule has 0 spiro atoms. The van der Waals surface area contributed by atoms with E-state index in [0.717, 1.165) is 6.07 Å². The minimum atomic E-state index is -4.82. The number of hydrogen-bond acceptors (Lipinski definition) is 2. The fourth-order valence-corrected chi connectivity index (χ4v) is 2.07. The Hall–Kier alpha value is -0.560. The molecule has 0 heterocycles. The van der Waals surface area contributed by atoms with Gasteiger partial charge in [0.1, 0.15) is 5.75 Å². The second-order valence-electron chi connectivity index (χ2n) is 3.45. The molecule has 100 valence electrons. The number of carbonyl (C=O) groups excluding carboxylic acids is 1. The van der Waals surface area contributed by atoms with Crippen LogP contribution in [0.5, 0.6) is 5.75 Å². The van der Waals surface area contributed by atoms with Gasteiger partial charge in [-0.2, -0.15) is 0 Å². The van der Waals surface area contributed by atoms with Crippen LogP contribution in [0.2, 0.25) is 0 Å². The molecule has 2 nitrogen and oxygen atoms in total. The van der Waals surface area contributed by atoms with Crippen molar-refractivity contribution < 1.29 is 22.7 Å². The van der Waals surface area contributed by atoms with E-state index in [1.807, 2.05) is 0 Å². The zero-order valence-electron chi connectivity index (χ0n) is 9.22. The van der Waals surface area contributed by atoms with Gasteiger partial charge < -0.3 is 4.74 Å². The Morgan fingerprint density at radius 3 is 2.50 bits per heavy atom. The quantitative estimate of drug-likeness (QED) is 0.561. The first-order valence-corrected chi connectivity index (χ1v) is 6.92. The largest absolute Gasteiger partial charge is 0.573 e. The minimum Gasteiger partial charge on any atom is -0.405 e. The van der Waals surface area contributed by atoms with Gasteiger partial charge >= 0.3 is 6.36 Å². The summed E-state index contributed by atoms with van der Waals surface area (Å²) >= 11 is 6.19. The zero-order chi connectivity index (χ0) is 13.9. The third-order valence-corrected chi connectivity index (χ3v) is 3.11. The van der Waals surface area contributed by atoms with Crippen molar-refractivity contribution >= 4 is 37.6 Å². The third-order valence-electron chi connectivity index (χ3n) is 2.09. The van der Waals surface area contributed by atoms with Gasteiger partial charge in [0.15, 0.2) is 5.78 Å². The molecule has 1 rings (SSSR count). The van der Waals surface area contributed by atoms with Gasteiger partial charge in [-0.05, 0) is 18.6 Å². The Bertz CT molecular complexity index is 444. The lowest BCUT2D eigenvalue weighted by Gasteiger charge is -2.15. The number of ether oxygens (including phenoxy) is 1. The number of Topliss-reactive ketones (excluding diaryl/α,β-unsaturated/α-hetero) is 1. The highest BCUT2D eigenvalue weighted by Crippen LogP contribution is 2.31. The first-order valence-electron chi connectivity index (χ1n) is 4.88. The maximum atomic E-state index is 12.3. The van der Waals surface area contributed by atoms with Crippen molar-refractivity contribution in [1.29, 1.82) is 0 Å². The van der Waals surface area contributed by atoms with Crippen molar-refractivity contribution in [3.8, 4) is 5.75 Å². The Labute approximate surface area is 119 Å². The second-order valence-corrected chi connectivity index (χ2v) is 5.39. The predicted octanol–water partition coefficient (Wildman–Crippen LogP) is 4.45. The number of hydrogen-bond donors (Lipinski definition) is 0. The maximum absolute atomic E-state index is 12.3. The molecule has 18 heavy (non-hydrogen) atoms. The van der Waals surface area contributed by atoms with Gasteiger partial charge in [-0.15, -0.1) is 13.2 Å².